The summed E-state index contributed by atoms with van der Waals surface area (Å²) in [5.41, 5.74) is 2.57. The van der Waals surface area contributed by atoms with Gasteiger partial charge in [0.2, 0.25) is 0 Å². The molecule has 29 heavy (non-hydrogen) atoms. The highest BCUT2D eigenvalue weighted by Gasteiger charge is 2.32. The standard InChI is InChI=1S/C23H25Cl2FN2O/c1-15(29)17-7-9-27(10-8-17)12-16-5-6-19(22(26)11-16)18-13-28(14-18)23-20(24)3-2-4-21(23)25/h2-6,11,17-18H,7-10,12-14H2,1H3. The second kappa shape index (κ2) is 8.63. The Balaban J connectivity index is 1.36. The molecule has 2 heterocycles. The average Bonchev–Trinajstić information content (AvgIpc) is 2.64. The zero-order chi connectivity index (χ0) is 20.5. The zero-order valence-corrected chi connectivity index (χ0v) is 18.0. The van der Waals surface area contributed by atoms with Gasteiger partial charge in [0.1, 0.15) is 11.6 Å². The molecule has 0 saturated carbocycles. The topological polar surface area (TPSA) is 23.6 Å². The Morgan fingerprint density at radius 3 is 2.34 bits per heavy atom. The molecule has 0 amide bonds. The van der Waals surface area contributed by atoms with Crippen molar-refractivity contribution in [3.63, 3.8) is 0 Å². The van der Waals surface area contributed by atoms with E-state index in [9.17, 15) is 9.18 Å². The maximum absolute atomic E-state index is 14.8. The van der Waals surface area contributed by atoms with E-state index in [1.807, 2.05) is 30.3 Å². The molecule has 2 fully saturated rings. The maximum Gasteiger partial charge on any atom is 0.133 e. The first-order valence-corrected chi connectivity index (χ1v) is 10.9. The van der Waals surface area contributed by atoms with Gasteiger partial charge in [-0.25, -0.2) is 4.39 Å². The molecule has 2 aliphatic heterocycles. The molecule has 0 bridgehead atoms. The number of halogens is 3. The molecule has 0 unspecified atom stereocenters. The number of Topliss-reactive ketones (excluding diaryl/α,β-unsaturated/α-hetero) is 1. The minimum absolute atomic E-state index is 0.141. The van der Waals surface area contributed by atoms with Crippen molar-refractivity contribution in [2.24, 2.45) is 5.92 Å². The number of carbonyl (C=O) groups excluding carboxylic acids is 1. The Morgan fingerprint density at radius 1 is 1.10 bits per heavy atom. The van der Waals surface area contributed by atoms with E-state index >= 15 is 0 Å². The molecule has 0 aromatic heterocycles. The van der Waals surface area contributed by atoms with Crippen LogP contribution in [0.2, 0.25) is 10.0 Å². The summed E-state index contributed by atoms with van der Waals surface area (Å²) in [6.07, 6.45) is 1.80. The number of nitrogens with zero attached hydrogens (tertiary/aromatic N) is 2. The summed E-state index contributed by atoms with van der Waals surface area (Å²) in [4.78, 5) is 15.9. The van der Waals surface area contributed by atoms with Gasteiger partial charge in [0.05, 0.1) is 15.7 Å². The fourth-order valence-electron chi connectivity index (χ4n) is 4.40. The fourth-order valence-corrected chi connectivity index (χ4v) is 5.04. The normalized spacial score (nSPS) is 18.7. The predicted octanol–water partition coefficient (Wildman–Crippen LogP) is 5.54. The van der Waals surface area contributed by atoms with Gasteiger partial charge < -0.3 is 4.90 Å². The number of anilines is 1. The molecule has 4 rings (SSSR count). The van der Waals surface area contributed by atoms with Crippen LogP contribution in [0.1, 0.15) is 36.8 Å². The number of carbonyl (C=O) groups is 1. The minimum Gasteiger partial charge on any atom is -0.368 e. The molecule has 2 aliphatic rings. The van der Waals surface area contributed by atoms with Crippen LogP contribution in [0, 0.1) is 11.7 Å². The van der Waals surface area contributed by atoms with Gasteiger partial charge in [0.25, 0.3) is 0 Å². The van der Waals surface area contributed by atoms with E-state index in [0.717, 1.165) is 49.3 Å². The van der Waals surface area contributed by atoms with Gasteiger partial charge in [-0.05, 0) is 62.2 Å². The van der Waals surface area contributed by atoms with E-state index in [0.29, 0.717) is 23.1 Å². The molecule has 0 N–H and O–H groups in total. The second-order valence-corrected chi connectivity index (χ2v) is 9.00. The quantitative estimate of drug-likeness (QED) is 0.617. The van der Waals surface area contributed by atoms with Gasteiger partial charge in [-0.15, -0.1) is 0 Å². The predicted molar refractivity (Wildman–Crippen MR) is 116 cm³/mol. The molecule has 6 heteroatoms. The van der Waals surface area contributed by atoms with E-state index in [-0.39, 0.29) is 23.4 Å². The summed E-state index contributed by atoms with van der Waals surface area (Å²) in [6.45, 7) is 5.60. The van der Waals surface area contributed by atoms with Crippen LogP contribution in [0.4, 0.5) is 10.1 Å². The fraction of sp³-hybridized carbons (Fsp3) is 0.435. The monoisotopic (exact) mass is 434 g/mol. The Kier molecular flexibility index (Phi) is 6.14. The summed E-state index contributed by atoms with van der Waals surface area (Å²) < 4.78 is 14.8. The molecule has 0 spiro atoms. The number of rotatable bonds is 5. The lowest BCUT2D eigenvalue weighted by atomic mass is 9.89. The molecule has 0 atom stereocenters. The van der Waals surface area contributed by atoms with Crippen molar-refractivity contribution in [3.8, 4) is 0 Å². The van der Waals surface area contributed by atoms with Gasteiger partial charge in [-0.3, -0.25) is 9.69 Å². The van der Waals surface area contributed by atoms with Gasteiger partial charge in [-0.1, -0.05) is 41.4 Å². The lowest BCUT2D eigenvalue weighted by Gasteiger charge is -2.42. The van der Waals surface area contributed by atoms with Crippen molar-refractivity contribution < 1.29 is 9.18 Å². The van der Waals surface area contributed by atoms with Crippen LogP contribution >= 0.6 is 23.2 Å². The van der Waals surface area contributed by atoms with Gasteiger partial charge in [0, 0.05) is 31.5 Å². The van der Waals surface area contributed by atoms with Crippen molar-refractivity contribution in [2.75, 3.05) is 31.1 Å². The van der Waals surface area contributed by atoms with E-state index < -0.39 is 0 Å². The third-order valence-corrected chi connectivity index (χ3v) is 6.82. The summed E-state index contributed by atoms with van der Waals surface area (Å²) in [5.74, 6) is 0.477. The number of likely N-dealkylation sites (tertiary alicyclic amines) is 1. The van der Waals surface area contributed by atoms with E-state index in [2.05, 4.69) is 9.80 Å². The van der Waals surface area contributed by atoms with Crippen LogP contribution in [-0.2, 0) is 11.3 Å². The van der Waals surface area contributed by atoms with E-state index in [1.165, 1.54) is 0 Å². The van der Waals surface area contributed by atoms with Crippen molar-refractivity contribution in [3.05, 3.63) is 63.4 Å². The summed E-state index contributed by atoms with van der Waals surface area (Å²) in [7, 11) is 0. The Bertz CT molecular complexity index is 885. The smallest absolute Gasteiger partial charge is 0.133 e. The molecule has 2 aromatic rings. The minimum atomic E-state index is -0.143. The van der Waals surface area contributed by atoms with Crippen LogP contribution in [0.5, 0.6) is 0 Å². The number of ketones is 1. The third-order valence-electron chi connectivity index (χ3n) is 6.21. The number of hydrogen-bond donors (Lipinski definition) is 0. The molecule has 3 nitrogen and oxygen atoms in total. The number of piperidine rings is 1. The summed E-state index contributed by atoms with van der Waals surface area (Å²) in [6, 6.07) is 11.1. The third kappa shape index (κ3) is 4.45. The molecular formula is C23H25Cl2FN2O. The summed E-state index contributed by atoms with van der Waals surface area (Å²) >= 11 is 12.6. The molecule has 154 valence electrons. The van der Waals surface area contributed by atoms with Gasteiger partial charge in [-0.2, -0.15) is 0 Å². The van der Waals surface area contributed by atoms with Gasteiger partial charge in [0.15, 0.2) is 0 Å². The lowest BCUT2D eigenvalue weighted by molar-refractivity contribution is -0.122. The van der Waals surface area contributed by atoms with Crippen LogP contribution in [-0.4, -0.2) is 36.9 Å². The van der Waals surface area contributed by atoms with Gasteiger partial charge >= 0.3 is 0 Å². The molecular weight excluding hydrogens is 410 g/mol. The average molecular weight is 435 g/mol. The zero-order valence-electron chi connectivity index (χ0n) is 16.5. The molecule has 2 aromatic carbocycles. The van der Waals surface area contributed by atoms with Crippen LogP contribution < -0.4 is 4.90 Å². The van der Waals surface area contributed by atoms with Crippen LogP contribution in [0.3, 0.4) is 0 Å². The van der Waals surface area contributed by atoms with Crippen molar-refractivity contribution in [1.82, 2.24) is 4.90 Å². The summed E-state index contributed by atoms with van der Waals surface area (Å²) in [5, 5.41) is 1.25. The van der Waals surface area contributed by atoms with Crippen molar-refractivity contribution >= 4 is 34.7 Å². The highest BCUT2D eigenvalue weighted by molar-refractivity contribution is 6.39. The SMILES string of the molecule is CC(=O)C1CCN(Cc2ccc(C3CN(c4c(Cl)cccc4Cl)C3)c(F)c2)CC1. The van der Waals surface area contributed by atoms with E-state index in [4.69, 9.17) is 23.2 Å². The molecule has 2 saturated heterocycles. The first-order valence-electron chi connectivity index (χ1n) is 10.1. The van der Waals surface area contributed by atoms with Crippen LogP contribution in [0.25, 0.3) is 0 Å². The van der Waals surface area contributed by atoms with Crippen LogP contribution in [0.15, 0.2) is 36.4 Å². The highest BCUT2D eigenvalue weighted by atomic mass is 35.5. The van der Waals surface area contributed by atoms with Crippen molar-refractivity contribution in [2.45, 2.75) is 32.2 Å². The lowest BCUT2D eigenvalue weighted by Crippen LogP contribution is -2.45. The molecule has 0 aliphatic carbocycles. The highest BCUT2D eigenvalue weighted by Crippen LogP contribution is 2.40. The molecule has 0 radical (unpaired) electrons. The number of para-hydroxylation sites is 1. The Labute approximate surface area is 181 Å². The Morgan fingerprint density at radius 2 is 1.76 bits per heavy atom. The van der Waals surface area contributed by atoms with Crippen molar-refractivity contribution in [1.29, 1.82) is 0 Å². The number of hydrogen-bond acceptors (Lipinski definition) is 3. The second-order valence-electron chi connectivity index (χ2n) is 8.19. The largest absolute Gasteiger partial charge is 0.368 e. The Hall–Kier alpha value is -1.62. The number of benzene rings is 2. The first kappa shape index (κ1) is 20.6. The maximum atomic E-state index is 14.8. The van der Waals surface area contributed by atoms with E-state index in [1.54, 1.807) is 13.0 Å². The first-order chi connectivity index (χ1) is 13.9.